The first-order valence-electron chi connectivity index (χ1n) is 19.1. The summed E-state index contributed by atoms with van der Waals surface area (Å²) in [6.07, 6.45) is 0.820. The molecule has 1 saturated heterocycles. The summed E-state index contributed by atoms with van der Waals surface area (Å²) in [5.74, 6) is -3.21. The average Bonchev–Trinajstić information content (AvgIpc) is 3.59. The minimum Gasteiger partial charge on any atom is -0.480 e. The number of methoxy groups -OCH3 is 2. The maximum absolute atomic E-state index is 14.2. The van der Waals surface area contributed by atoms with Crippen molar-refractivity contribution < 1.29 is 38.6 Å². The van der Waals surface area contributed by atoms with Crippen LogP contribution in [0.2, 0.25) is 0 Å². The Balaban J connectivity index is 2.27. The van der Waals surface area contributed by atoms with Crippen molar-refractivity contribution in [2.24, 2.45) is 23.7 Å². The molecule has 1 aliphatic rings. The second kappa shape index (κ2) is 21.4. The highest BCUT2D eigenvalue weighted by atomic mass is 16.5. The first-order valence-corrected chi connectivity index (χ1v) is 19.1. The number of hydrogen-bond donors (Lipinski definition) is 3. The number of ether oxygens (including phenoxy) is 2. The summed E-state index contributed by atoms with van der Waals surface area (Å²) >= 11 is 0. The molecule has 0 radical (unpaired) electrons. The van der Waals surface area contributed by atoms with Crippen LogP contribution in [0.3, 0.4) is 0 Å². The van der Waals surface area contributed by atoms with Crippen molar-refractivity contribution in [2.45, 2.75) is 123 Å². The second-order valence-electron chi connectivity index (χ2n) is 15.6. The van der Waals surface area contributed by atoms with Gasteiger partial charge in [0, 0.05) is 34.2 Å². The minimum absolute atomic E-state index is 0.0104. The van der Waals surface area contributed by atoms with Crippen molar-refractivity contribution in [3.8, 4) is 0 Å². The molecule has 13 nitrogen and oxygen atoms in total. The van der Waals surface area contributed by atoms with Crippen LogP contribution in [0.5, 0.6) is 0 Å². The Morgan fingerprint density at radius 3 is 2.02 bits per heavy atom. The lowest BCUT2D eigenvalue weighted by molar-refractivity contribution is -0.148. The second-order valence-corrected chi connectivity index (χ2v) is 15.6. The number of carbonyl (C=O) groups is 5. The van der Waals surface area contributed by atoms with Crippen molar-refractivity contribution >= 4 is 29.6 Å². The lowest BCUT2D eigenvalue weighted by Crippen LogP contribution is -2.59. The Morgan fingerprint density at radius 2 is 1.53 bits per heavy atom. The molecule has 9 atom stereocenters. The van der Waals surface area contributed by atoms with E-state index < -0.39 is 60.2 Å². The van der Waals surface area contributed by atoms with Crippen LogP contribution in [0.25, 0.3) is 0 Å². The lowest BCUT2D eigenvalue weighted by Gasteiger charge is -2.41. The zero-order valence-electron chi connectivity index (χ0n) is 34.1. The standard InChI is InChI=1S/C40H67N5O8/c1-13-26(6)35(44(10)39(49)33(24(2)3)42-38(48)34(25(4)5)43(8)9)31(52-11)23-32(46)45-21-17-20-30(45)36(53-12)27(7)37(47)41-29(40(50)51)22-28-18-15-14-16-19-28/h14-16,18-19,24-27,29-31,33-36H,13,17,20-23H2,1-12H3,(H,41,47)(H,42,48)(H,50,51)/t26-,27?,29-,30-,31?,33-,34?,35?,36?/m0/s1. The van der Waals surface area contributed by atoms with E-state index in [-0.39, 0.29) is 48.3 Å². The van der Waals surface area contributed by atoms with Crippen molar-refractivity contribution in [3.05, 3.63) is 35.9 Å². The van der Waals surface area contributed by atoms with Crippen molar-refractivity contribution in [1.82, 2.24) is 25.3 Å². The monoisotopic (exact) mass is 745 g/mol. The van der Waals surface area contributed by atoms with E-state index in [4.69, 9.17) is 9.47 Å². The number of amides is 4. The van der Waals surface area contributed by atoms with Crippen LogP contribution in [0, 0.1) is 23.7 Å². The van der Waals surface area contributed by atoms with Crippen LogP contribution in [0.15, 0.2) is 30.3 Å². The number of carboxylic acids is 1. The summed E-state index contributed by atoms with van der Waals surface area (Å²) in [4.78, 5) is 72.5. The molecule has 5 unspecified atom stereocenters. The third-order valence-corrected chi connectivity index (χ3v) is 10.8. The maximum Gasteiger partial charge on any atom is 0.326 e. The van der Waals surface area contributed by atoms with Gasteiger partial charge in [-0.15, -0.1) is 0 Å². The molecule has 2 rings (SSSR count). The molecule has 1 aromatic rings. The number of carboxylic acid groups (broad SMARTS) is 1. The average molecular weight is 746 g/mol. The lowest BCUT2D eigenvalue weighted by atomic mass is 9.89. The molecule has 0 aliphatic carbocycles. The summed E-state index contributed by atoms with van der Waals surface area (Å²) in [7, 11) is 8.44. The first kappa shape index (κ1) is 45.6. The molecule has 1 aromatic carbocycles. The molecule has 300 valence electrons. The number of nitrogens with one attached hydrogen (secondary N) is 2. The number of benzene rings is 1. The van der Waals surface area contributed by atoms with Crippen LogP contribution in [-0.2, 0) is 39.9 Å². The van der Waals surface area contributed by atoms with Crippen molar-refractivity contribution in [2.75, 3.05) is 41.9 Å². The van der Waals surface area contributed by atoms with E-state index in [2.05, 4.69) is 10.6 Å². The largest absolute Gasteiger partial charge is 0.480 e. The van der Waals surface area contributed by atoms with Gasteiger partial charge in [0.05, 0.1) is 42.7 Å². The van der Waals surface area contributed by atoms with Crippen LogP contribution < -0.4 is 10.6 Å². The Morgan fingerprint density at radius 1 is 0.906 bits per heavy atom. The van der Waals surface area contributed by atoms with E-state index in [1.165, 1.54) is 14.2 Å². The number of nitrogens with zero attached hydrogens (tertiary/aromatic N) is 3. The highest BCUT2D eigenvalue weighted by Crippen LogP contribution is 2.30. The summed E-state index contributed by atoms with van der Waals surface area (Å²) in [6, 6.07) is 5.89. The Labute approximate surface area is 317 Å². The summed E-state index contributed by atoms with van der Waals surface area (Å²) in [5.41, 5.74) is 0.785. The van der Waals surface area contributed by atoms with E-state index >= 15 is 0 Å². The Hall–Kier alpha value is -3.55. The SMILES string of the molecule is CC[C@H](C)C(C(CC(=O)N1CCC[C@H]1C(OC)C(C)C(=O)N[C@@H](Cc1ccccc1)C(=O)O)OC)N(C)C(=O)[C@@H](NC(=O)C(C(C)C)N(C)C)C(C)C. The van der Waals surface area contributed by atoms with Crippen LogP contribution in [0.1, 0.15) is 79.7 Å². The zero-order valence-corrected chi connectivity index (χ0v) is 34.1. The fourth-order valence-electron chi connectivity index (χ4n) is 7.76. The van der Waals surface area contributed by atoms with Gasteiger partial charge in [-0.1, -0.05) is 85.2 Å². The van der Waals surface area contributed by atoms with Gasteiger partial charge in [-0.2, -0.15) is 0 Å². The van der Waals surface area contributed by atoms with E-state index in [0.717, 1.165) is 12.0 Å². The van der Waals surface area contributed by atoms with Gasteiger partial charge < -0.3 is 35.0 Å². The van der Waals surface area contributed by atoms with E-state index in [1.54, 1.807) is 23.8 Å². The van der Waals surface area contributed by atoms with Crippen molar-refractivity contribution in [1.29, 1.82) is 0 Å². The molecule has 0 spiro atoms. The summed E-state index contributed by atoms with van der Waals surface area (Å²) in [5, 5.41) is 15.6. The molecular formula is C40H67N5O8. The Kier molecular flexibility index (Phi) is 18.4. The van der Waals surface area contributed by atoms with Gasteiger partial charge in [0.1, 0.15) is 12.1 Å². The van der Waals surface area contributed by atoms with Crippen LogP contribution >= 0.6 is 0 Å². The fraction of sp³-hybridized carbons (Fsp3) is 0.725. The topological polar surface area (TPSA) is 158 Å². The van der Waals surface area contributed by atoms with Crippen LogP contribution in [0.4, 0.5) is 0 Å². The van der Waals surface area contributed by atoms with Gasteiger partial charge in [-0.05, 0) is 50.3 Å². The molecule has 1 heterocycles. The molecule has 4 amide bonds. The first-order chi connectivity index (χ1) is 24.9. The molecule has 0 aromatic heterocycles. The zero-order chi connectivity index (χ0) is 40.2. The van der Waals surface area contributed by atoms with Gasteiger partial charge in [-0.25, -0.2) is 4.79 Å². The molecule has 13 heteroatoms. The molecule has 0 saturated carbocycles. The van der Waals surface area contributed by atoms with Gasteiger partial charge in [0.2, 0.25) is 23.6 Å². The molecule has 53 heavy (non-hydrogen) atoms. The molecule has 0 bridgehead atoms. The number of carbonyl (C=O) groups excluding carboxylic acids is 4. The van der Waals surface area contributed by atoms with E-state index in [9.17, 15) is 29.1 Å². The third-order valence-electron chi connectivity index (χ3n) is 10.8. The van der Waals surface area contributed by atoms with Gasteiger partial charge in [-0.3, -0.25) is 24.1 Å². The molecule has 1 fully saturated rings. The predicted octanol–water partition coefficient (Wildman–Crippen LogP) is 3.45. The van der Waals surface area contributed by atoms with Crippen molar-refractivity contribution in [3.63, 3.8) is 0 Å². The third kappa shape index (κ3) is 12.2. The normalized spacial score (nSPS) is 19.2. The number of likely N-dealkylation sites (tertiary alicyclic amines) is 1. The number of likely N-dealkylation sites (N-methyl/N-ethyl adjacent to an activating group) is 2. The maximum atomic E-state index is 14.2. The van der Waals surface area contributed by atoms with Gasteiger partial charge in [0.15, 0.2) is 0 Å². The highest BCUT2D eigenvalue weighted by molar-refractivity contribution is 5.90. The predicted molar refractivity (Wildman–Crippen MR) is 205 cm³/mol. The Bertz CT molecular complexity index is 1330. The highest BCUT2D eigenvalue weighted by Gasteiger charge is 2.43. The molecule has 1 aliphatic heterocycles. The number of rotatable bonds is 21. The quantitative estimate of drug-likeness (QED) is 0.172. The van der Waals surface area contributed by atoms with Gasteiger partial charge >= 0.3 is 5.97 Å². The minimum atomic E-state index is -1.14. The molecule has 3 N–H and O–H groups in total. The van der Waals surface area contributed by atoms with E-state index in [1.807, 2.05) is 90.9 Å². The number of aliphatic carboxylic acids is 1. The van der Waals surface area contributed by atoms with E-state index in [0.29, 0.717) is 19.4 Å². The van der Waals surface area contributed by atoms with Gasteiger partial charge in [0.25, 0.3) is 0 Å². The summed E-state index contributed by atoms with van der Waals surface area (Å²) < 4.78 is 11.9. The van der Waals surface area contributed by atoms with Crippen LogP contribution in [-0.4, -0.2) is 134 Å². The summed E-state index contributed by atoms with van der Waals surface area (Å²) in [6.45, 7) is 13.9. The number of hydrogen-bond acceptors (Lipinski definition) is 8. The fourth-order valence-corrected chi connectivity index (χ4v) is 7.76. The molecular weight excluding hydrogens is 678 g/mol. The smallest absolute Gasteiger partial charge is 0.326 e.